The van der Waals surface area contributed by atoms with E-state index in [0.29, 0.717) is 5.69 Å². The van der Waals surface area contributed by atoms with Crippen molar-refractivity contribution in [1.82, 2.24) is 14.1 Å². The van der Waals surface area contributed by atoms with Gasteiger partial charge in [0, 0.05) is 37.0 Å². The number of nitrogens with two attached hydrogens (primary N) is 1. The predicted octanol–water partition coefficient (Wildman–Crippen LogP) is -1.60. The first-order valence-electron chi connectivity index (χ1n) is 9.75. The lowest BCUT2D eigenvalue weighted by atomic mass is 9.85. The van der Waals surface area contributed by atoms with Crippen molar-refractivity contribution in [3.63, 3.8) is 0 Å². The van der Waals surface area contributed by atoms with Crippen molar-refractivity contribution < 1.29 is 19.7 Å². The third-order valence-corrected chi connectivity index (χ3v) is 5.85. The Bertz CT molecular complexity index is 1350. The van der Waals surface area contributed by atoms with Crippen LogP contribution in [-0.4, -0.2) is 43.1 Å². The first kappa shape index (κ1) is 21.6. The normalized spacial score (nSPS) is 24.7. The summed E-state index contributed by atoms with van der Waals surface area (Å²) in [5.41, 5.74) is 4.15. The topological polar surface area (TPSA) is 186 Å². The lowest BCUT2D eigenvalue weighted by Gasteiger charge is -2.26. The van der Waals surface area contributed by atoms with Crippen molar-refractivity contribution in [3.05, 3.63) is 71.7 Å². The van der Waals surface area contributed by atoms with Crippen LogP contribution in [0.3, 0.4) is 0 Å². The van der Waals surface area contributed by atoms with Gasteiger partial charge in [0.2, 0.25) is 5.88 Å². The van der Waals surface area contributed by atoms with Gasteiger partial charge in [-0.1, -0.05) is 0 Å². The van der Waals surface area contributed by atoms with Crippen LogP contribution in [0.15, 0.2) is 38.1 Å². The Morgan fingerprint density at radius 3 is 2.72 bits per heavy atom. The number of hydrogen-bond donors (Lipinski definition) is 4. The highest BCUT2D eigenvalue weighted by Crippen LogP contribution is 2.39. The maximum absolute atomic E-state index is 13.1. The molecule has 4 heterocycles. The van der Waals surface area contributed by atoms with E-state index in [1.54, 1.807) is 13.0 Å². The van der Waals surface area contributed by atoms with E-state index >= 15 is 0 Å². The standard InChI is InChI=1S/C20H21N5O7/c1-8-3-12-16(19(29)24(8)2)15(9(5-21)17(22)32-12)10-6-25(20(30)23-18(10)28)14-4-11(27)13(7-26)31-14/h3,6,11,13-15,26-27H,4,7,22H2,1-2H3,(H,23,28,30)/t11-,13+,14+,15?/m0/s1. The molecule has 0 radical (unpaired) electrons. The molecule has 4 atom stereocenters. The Morgan fingerprint density at radius 1 is 1.38 bits per heavy atom. The van der Waals surface area contributed by atoms with Gasteiger partial charge in [0.1, 0.15) is 29.7 Å². The van der Waals surface area contributed by atoms with E-state index in [-0.39, 0.29) is 34.8 Å². The lowest BCUT2D eigenvalue weighted by molar-refractivity contribution is -0.0460. The number of aliphatic hydroxyl groups excluding tert-OH is 2. The average molecular weight is 443 g/mol. The molecule has 4 rings (SSSR count). The number of rotatable bonds is 3. The van der Waals surface area contributed by atoms with Gasteiger partial charge in [0.25, 0.3) is 11.1 Å². The molecule has 0 aliphatic carbocycles. The molecule has 5 N–H and O–H groups in total. The summed E-state index contributed by atoms with van der Waals surface area (Å²) in [5, 5.41) is 29.1. The highest BCUT2D eigenvalue weighted by atomic mass is 16.5. The van der Waals surface area contributed by atoms with Crippen LogP contribution in [0.4, 0.5) is 0 Å². The van der Waals surface area contributed by atoms with Crippen molar-refractivity contribution in [2.24, 2.45) is 12.8 Å². The Hall–Kier alpha value is -3.66. The molecule has 12 heteroatoms. The molecule has 32 heavy (non-hydrogen) atoms. The lowest BCUT2D eigenvalue weighted by Crippen LogP contribution is -2.38. The van der Waals surface area contributed by atoms with Crippen LogP contribution in [0.2, 0.25) is 0 Å². The van der Waals surface area contributed by atoms with Gasteiger partial charge in [-0.05, 0) is 6.92 Å². The average Bonchev–Trinajstić information content (AvgIpc) is 3.12. The van der Waals surface area contributed by atoms with E-state index in [2.05, 4.69) is 4.98 Å². The van der Waals surface area contributed by atoms with Gasteiger partial charge in [0.15, 0.2) is 0 Å². The molecule has 0 spiro atoms. The number of fused-ring (bicyclic) bond motifs is 1. The number of nitrogens with one attached hydrogen (secondary N) is 1. The largest absolute Gasteiger partial charge is 0.440 e. The number of aliphatic hydroxyl groups is 2. The van der Waals surface area contributed by atoms with Crippen LogP contribution >= 0.6 is 0 Å². The number of hydrogen-bond acceptors (Lipinski definition) is 9. The summed E-state index contributed by atoms with van der Waals surface area (Å²) in [7, 11) is 1.54. The second-order valence-electron chi connectivity index (χ2n) is 7.72. The molecule has 1 fully saturated rings. The third kappa shape index (κ3) is 3.23. The summed E-state index contributed by atoms with van der Waals surface area (Å²) in [6, 6.07) is 3.46. The van der Waals surface area contributed by atoms with Gasteiger partial charge in [-0.25, -0.2) is 4.79 Å². The van der Waals surface area contributed by atoms with Gasteiger partial charge >= 0.3 is 5.69 Å². The minimum Gasteiger partial charge on any atom is -0.440 e. The zero-order valence-corrected chi connectivity index (χ0v) is 17.2. The van der Waals surface area contributed by atoms with Crippen molar-refractivity contribution in [2.45, 2.75) is 37.7 Å². The van der Waals surface area contributed by atoms with Gasteiger partial charge in [0.05, 0.1) is 24.2 Å². The van der Waals surface area contributed by atoms with Crippen LogP contribution in [0.5, 0.6) is 5.75 Å². The molecule has 1 saturated heterocycles. The van der Waals surface area contributed by atoms with Crippen molar-refractivity contribution >= 4 is 0 Å². The number of aryl methyl sites for hydroxylation is 1. The van der Waals surface area contributed by atoms with E-state index in [0.717, 1.165) is 4.57 Å². The number of ether oxygens (including phenoxy) is 2. The summed E-state index contributed by atoms with van der Waals surface area (Å²) in [6.45, 7) is 1.23. The summed E-state index contributed by atoms with van der Waals surface area (Å²) in [4.78, 5) is 40.5. The summed E-state index contributed by atoms with van der Waals surface area (Å²) in [6.07, 6.45) is -1.71. The van der Waals surface area contributed by atoms with E-state index in [1.807, 2.05) is 6.07 Å². The Kier molecular flexibility index (Phi) is 5.25. The zero-order valence-electron chi connectivity index (χ0n) is 17.2. The SMILES string of the molecule is Cc1cc2c(c(=O)n1C)C(c1cn([C@H]3C[C@H](O)[C@@H](CO)O3)c(=O)[nH]c1=O)C(C#N)=C(N)O2. The molecule has 0 aromatic carbocycles. The Labute approximate surface area is 180 Å². The van der Waals surface area contributed by atoms with Crippen molar-refractivity contribution in [1.29, 1.82) is 5.26 Å². The van der Waals surface area contributed by atoms with Crippen molar-refractivity contribution in [2.75, 3.05) is 6.61 Å². The predicted molar refractivity (Wildman–Crippen MR) is 109 cm³/mol. The maximum atomic E-state index is 13.1. The second-order valence-corrected chi connectivity index (χ2v) is 7.72. The molecule has 1 unspecified atom stereocenters. The molecular formula is C20H21N5O7. The molecule has 0 amide bonds. The third-order valence-electron chi connectivity index (χ3n) is 5.85. The summed E-state index contributed by atoms with van der Waals surface area (Å²) >= 11 is 0. The van der Waals surface area contributed by atoms with E-state index in [4.69, 9.17) is 15.2 Å². The van der Waals surface area contributed by atoms with Crippen LogP contribution in [0.1, 0.15) is 35.4 Å². The summed E-state index contributed by atoms with van der Waals surface area (Å²) < 4.78 is 13.4. The van der Waals surface area contributed by atoms with E-state index in [1.165, 1.54) is 17.8 Å². The Balaban J connectivity index is 1.95. The van der Waals surface area contributed by atoms with Gasteiger partial charge in [-0.3, -0.25) is 19.1 Å². The number of nitrogens with zero attached hydrogens (tertiary/aromatic N) is 3. The van der Waals surface area contributed by atoms with Gasteiger partial charge in [-0.2, -0.15) is 5.26 Å². The van der Waals surface area contributed by atoms with Crippen molar-refractivity contribution in [3.8, 4) is 11.8 Å². The smallest absolute Gasteiger partial charge is 0.330 e. The number of pyridine rings is 1. The van der Waals surface area contributed by atoms with Crippen LogP contribution in [0, 0.1) is 18.3 Å². The van der Waals surface area contributed by atoms with Crippen LogP contribution in [0.25, 0.3) is 0 Å². The molecule has 2 aromatic rings. The first-order chi connectivity index (χ1) is 15.2. The minimum absolute atomic E-state index is 0.00890. The fourth-order valence-electron chi connectivity index (χ4n) is 4.02. The molecule has 2 aliphatic rings. The van der Waals surface area contributed by atoms with Gasteiger partial charge < -0.3 is 30.0 Å². The zero-order chi connectivity index (χ0) is 23.3. The molecular weight excluding hydrogens is 422 g/mol. The van der Waals surface area contributed by atoms with E-state index < -0.39 is 47.8 Å². The first-order valence-corrected chi connectivity index (χ1v) is 9.75. The highest BCUT2D eigenvalue weighted by Gasteiger charge is 2.38. The minimum atomic E-state index is -1.20. The quantitative estimate of drug-likeness (QED) is 0.433. The van der Waals surface area contributed by atoms with Gasteiger partial charge in [-0.15, -0.1) is 0 Å². The van der Waals surface area contributed by atoms with Crippen LogP contribution in [-0.2, 0) is 11.8 Å². The van der Waals surface area contributed by atoms with Crippen LogP contribution < -0.4 is 27.3 Å². The highest BCUT2D eigenvalue weighted by molar-refractivity contribution is 5.54. The fraction of sp³-hybridized carbons (Fsp3) is 0.400. The number of nitriles is 1. The number of aromatic amines is 1. The molecule has 168 valence electrons. The van der Waals surface area contributed by atoms with E-state index in [9.17, 15) is 29.9 Å². The fourth-order valence-corrected chi connectivity index (χ4v) is 4.02. The maximum Gasteiger partial charge on any atom is 0.330 e. The second kappa shape index (κ2) is 7.79. The molecule has 0 bridgehead atoms. The molecule has 12 nitrogen and oxygen atoms in total. The molecule has 2 aliphatic heterocycles. The number of allylic oxidation sites excluding steroid dienone is 1. The number of aromatic nitrogens is 3. The summed E-state index contributed by atoms with van der Waals surface area (Å²) in [5.74, 6) is -1.35. The Morgan fingerprint density at radius 2 is 2.09 bits per heavy atom. The number of H-pyrrole nitrogens is 1. The molecule has 2 aromatic heterocycles. The molecule has 0 saturated carbocycles. The monoisotopic (exact) mass is 443 g/mol.